The Morgan fingerprint density at radius 2 is 1.47 bits per heavy atom. The lowest BCUT2D eigenvalue weighted by molar-refractivity contribution is 0.569. The molecule has 0 bridgehead atoms. The molecule has 0 radical (unpaired) electrons. The van der Waals surface area contributed by atoms with Crippen LogP contribution in [0.1, 0.15) is 16.0 Å². The summed E-state index contributed by atoms with van der Waals surface area (Å²) in [6, 6.07) is 6.34. The molecule has 0 aliphatic rings. The van der Waals surface area contributed by atoms with E-state index in [-0.39, 0.29) is 12.0 Å². The van der Waals surface area contributed by atoms with E-state index in [0.29, 0.717) is 5.56 Å². The van der Waals surface area contributed by atoms with E-state index in [0.717, 1.165) is 18.2 Å². The number of benzene rings is 2. The van der Waals surface area contributed by atoms with Crippen molar-refractivity contribution in [2.45, 2.75) is 11.2 Å². The van der Waals surface area contributed by atoms with Gasteiger partial charge in [0.1, 0.15) is 23.3 Å². The molecule has 0 aliphatic carbocycles. The molecule has 0 spiro atoms. The molecule has 0 aromatic heterocycles. The number of hydrogen-bond donors (Lipinski definition) is 0. The third-order valence-electron chi connectivity index (χ3n) is 2.66. The second-order valence-corrected chi connectivity index (χ2v) is 5.22. The van der Waals surface area contributed by atoms with Crippen LogP contribution in [0.4, 0.5) is 17.6 Å². The van der Waals surface area contributed by atoms with Gasteiger partial charge in [-0.25, -0.2) is 17.6 Å². The van der Waals surface area contributed by atoms with E-state index < -0.39 is 28.1 Å². The van der Waals surface area contributed by atoms with Crippen LogP contribution in [-0.4, -0.2) is 0 Å². The molecule has 2 rings (SSSR count). The van der Waals surface area contributed by atoms with Crippen LogP contribution in [-0.2, 0) is 6.42 Å². The van der Waals surface area contributed by atoms with Gasteiger partial charge in [-0.3, -0.25) is 0 Å². The van der Waals surface area contributed by atoms with Crippen LogP contribution in [0.5, 0.6) is 0 Å². The van der Waals surface area contributed by atoms with Gasteiger partial charge < -0.3 is 0 Å². The van der Waals surface area contributed by atoms with Crippen LogP contribution < -0.4 is 0 Å². The zero-order chi connectivity index (χ0) is 14.0. The minimum atomic E-state index is -0.695. The molecular weight excluding hydrogens is 324 g/mol. The van der Waals surface area contributed by atoms with E-state index in [9.17, 15) is 17.6 Å². The number of alkyl halides is 1. The number of hydrogen-bond acceptors (Lipinski definition) is 0. The Morgan fingerprint density at radius 3 is 2.05 bits per heavy atom. The van der Waals surface area contributed by atoms with Crippen molar-refractivity contribution in [1.29, 1.82) is 0 Å². The monoisotopic (exact) mass is 332 g/mol. The summed E-state index contributed by atoms with van der Waals surface area (Å²) >= 11 is 3.25. The highest BCUT2D eigenvalue weighted by Gasteiger charge is 2.14. The average molecular weight is 333 g/mol. The third kappa shape index (κ3) is 3.56. The van der Waals surface area contributed by atoms with Crippen molar-refractivity contribution in [2.24, 2.45) is 0 Å². The Morgan fingerprint density at radius 1 is 0.842 bits per heavy atom. The minimum Gasteiger partial charge on any atom is -0.207 e. The zero-order valence-corrected chi connectivity index (χ0v) is 11.2. The summed E-state index contributed by atoms with van der Waals surface area (Å²) in [5, 5.41) is 0. The van der Waals surface area contributed by atoms with Gasteiger partial charge in [-0.15, -0.1) is 0 Å². The fourth-order valence-electron chi connectivity index (χ4n) is 1.75. The average Bonchev–Trinajstić information content (AvgIpc) is 2.31. The Balaban J connectivity index is 2.22. The lowest BCUT2D eigenvalue weighted by Crippen LogP contribution is -2.00. The molecule has 1 atom stereocenters. The van der Waals surface area contributed by atoms with Crippen LogP contribution in [0.15, 0.2) is 36.4 Å². The Hall–Kier alpha value is -1.36. The fourth-order valence-corrected chi connectivity index (χ4v) is 2.37. The Kier molecular flexibility index (Phi) is 4.24. The second-order valence-electron chi connectivity index (χ2n) is 4.11. The molecule has 0 heterocycles. The maximum absolute atomic E-state index is 13.5. The summed E-state index contributed by atoms with van der Waals surface area (Å²) in [5.41, 5.74) is 0.633. The number of halogens is 5. The van der Waals surface area contributed by atoms with Gasteiger partial charge in [0.2, 0.25) is 0 Å². The molecule has 0 amide bonds. The minimum absolute atomic E-state index is 0.162. The van der Waals surface area contributed by atoms with Crippen LogP contribution in [0.3, 0.4) is 0 Å². The summed E-state index contributed by atoms with van der Waals surface area (Å²) in [6.07, 6.45) is 0.162. The molecule has 1 unspecified atom stereocenters. The first kappa shape index (κ1) is 14.1. The van der Waals surface area contributed by atoms with Crippen molar-refractivity contribution in [3.63, 3.8) is 0 Å². The topological polar surface area (TPSA) is 0 Å². The smallest absolute Gasteiger partial charge is 0.129 e. The molecule has 100 valence electrons. The highest BCUT2D eigenvalue weighted by Crippen LogP contribution is 2.29. The van der Waals surface area contributed by atoms with Crippen molar-refractivity contribution in [1.82, 2.24) is 0 Å². The normalized spacial score (nSPS) is 12.5. The predicted molar refractivity (Wildman–Crippen MR) is 68.1 cm³/mol. The SMILES string of the molecule is Fc1cc(F)cc(C(Br)Cc2ccc(F)cc2F)c1. The number of rotatable bonds is 3. The highest BCUT2D eigenvalue weighted by molar-refractivity contribution is 9.09. The Bertz CT molecular complexity index is 578. The van der Waals surface area contributed by atoms with Gasteiger partial charge in [-0.05, 0) is 35.7 Å². The molecule has 0 fully saturated rings. The summed E-state index contributed by atoms with van der Waals surface area (Å²) in [6.45, 7) is 0. The molecule has 0 nitrogen and oxygen atoms in total. The molecule has 2 aromatic carbocycles. The molecule has 0 saturated carbocycles. The summed E-state index contributed by atoms with van der Waals surface area (Å²) in [5.74, 6) is -2.73. The van der Waals surface area contributed by atoms with Crippen LogP contribution >= 0.6 is 15.9 Å². The lowest BCUT2D eigenvalue weighted by atomic mass is 10.0. The predicted octanol–water partition coefficient (Wildman–Crippen LogP) is 4.92. The molecule has 2 aromatic rings. The molecule has 19 heavy (non-hydrogen) atoms. The first-order valence-electron chi connectivity index (χ1n) is 5.49. The van der Waals surface area contributed by atoms with Crippen molar-refractivity contribution in [3.8, 4) is 0 Å². The van der Waals surface area contributed by atoms with Gasteiger partial charge >= 0.3 is 0 Å². The van der Waals surface area contributed by atoms with Gasteiger partial charge in [-0.1, -0.05) is 22.0 Å². The molecule has 0 saturated heterocycles. The van der Waals surface area contributed by atoms with Crippen molar-refractivity contribution in [2.75, 3.05) is 0 Å². The Labute approximate surface area is 116 Å². The van der Waals surface area contributed by atoms with E-state index in [4.69, 9.17) is 0 Å². The first-order chi connectivity index (χ1) is 8.95. The quantitative estimate of drug-likeness (QED) is 0.552. The standard InChI is InChI=1S/C14H9BrF4/c15-13(9-3-11(17)6-12(18)4-9)5-8-1-2-10(16)7-14(8)19/h1-4,6-7,13H,5H2. The largest absolute Gasteiger partial charge is 0.207 e. The van der Waals surface area contributed by atoms with Gasteiger partial charge in [0.05, 0.1) is 0 Å². The van der Waals surface area contributed by atoms with E-state index in [2.05, 4.69) is 15.9 Å². The third-order valence-corrected chi connectivity index (χ3v) is 3.51. The molecule has 5 heteroatoms. The molecular formula is C14H9BrF4. The first-order valence-corrected chi connectivity index (χ1v) is 6.41. The summed E-state index contributed by atoms with van der Waals surface area (Å²) < 4.78 is 52.4. The van der Waals surface area contributed by atoms with Crippen LogP contribution in [0, 0.1) is 23.3 Å². The van der Waals surface area contributed by atoms with Crippen LogP contribution in [0.25, 0.3) is 0 Å². The van der Waals surface area contributed by atoms with Gasteiger partial charge in [0, 0.05) is 17.0 Å². The maximum atomic E-state index is 13.5. The molecule has 0 aliphatic heterocycles. The van der Waals surface area contributed by atoms with E-state index >= 15 is 0 Å². The molecule has 0 N–H and O–H groups in total. The second kappa shape index (κ2) is 5.74. The van der Waals surface area contributed by atoms with Gasteiger partial charge in [0.25, 0.3) is 0 Å². The van der Waals surface area contributed by atoms with Crippen LogP contribution in [0.2, 0.25) is 0 Å². The maximum Gasteiger partial charge on any atom is 0.129 e. The van der Waals surface area contributed by atoms with Gasteiger partial charge in [0.15, 0.2) is 0 Å². The van der Waals surface area contributed by atoms with E-state index in [1.54, 1.807) is 0 Å². The van der Waals surface area contributed by atoms with E-state index in [1.165, 1.54) is 18.2 Å². The van der Waals surface area contributed by atoms with Gasteiger partial charge in [-0.2, -0.15) is 0 Å². The lowest BCUT2D eigenvalue weighted by Gasteiger charge is -2.11. The zero-order valence-electron chi connectivity index (χ0n) is 9.64. The summed E-state index contributed by atoms with van der Waals surface area (Å²) in [4.78, 5) is -0.460. The highest BCUT2D eigenvalue weighted by atomic mass is 79.9. The summed E-state index contributed by atoms with van der Waals surface area (Å²) in [7, 11) is 0. The fraction of sp³-hybridized carbons (Fsp3) is 0.143. The van der Waals surface area contributed by atoms with Crippen molar-refractivity contribution in [3.05, 3.63) is 70.8 Å². The van der Waals surface area contributed by atoms with Crippen molar-refractivity contribution >= 4 is 15.9 Å². The van der Waals surface area contributed by atoms with Crippen molar-refractivity contribution < 1.29 is 17.6 Å². The van der Waals surface area contributed by atoms with E-state index in [1.807, 2.05) is 0 Å².